The van der Waals surface area contributed by atoms with Gasteiger partial charge < -0.3 is 14.5 Å². The Morgan fingerprint density at radius 3 is 2.35 bits per heavy atom. The smallest absolute Gasteiger partial charge is 0.253 e. The number of piperazine rings is 1. The number of benzene rings is 1. The predicted molar refractivity (Wildman–Crippen MR) is 87.6 cm³/mol. The zero-order valence-electron chi connectivity index (χ0n) is 13.9. The first-order chi connectivity index (χ1) is 11.1. The first-order valence-corrected chi connectivity index (χ1v) is 8.41. The maximum atomic E-state index is 12.6. The molecule has 5 heteroatoms. The van der Waals surface area contributed by atoms with Gasteiger partial charge in [-0.05, 0) is 50.5 Å². The van der Waals surface area contributed by atoms with Gasteiger partial charge in [0, 0.05) is 37.7 Å². The first kappa shape index (κ1) is 15.8. The van der Waals surface area contributed by atoms with Crippen LogP contribution in [0.4, 0.5) is 0 Å². The molecule has 0 radical (unpaired) electrons. The molecule has 0 atom stereocenters. The molecule has 1 aromatic carbocycles. The molecule has 124 valence electrons. The quantitative estimate of drug-likeness (QED) is 0.854. The van der Waals surface area contributed by atoms with Gasteiger partial charge >= 0.3 is 0 Å². The van der Waals surface area contributed by atoms with Gasteiger partial charge in [-0.25, -0.2) is 0 Å². The van der Waals surface area contributed by atoms with Gasteiger partial charge in [0.1, 0.15) is 5.75 Å². The Kier molecular flexibility index (Phi) is 4.55. The number of carbonyl (C=O) groups excluding carboxylic acids is 2. The standard InChI is InChI=1S/C18H24N2O3/c1-3-23-16-7-6-15(12-13(16)2)18(22)20-10-8-19(9-11-20)17(21)14-4-5-14/h6-7,12,14H,3-5,8-11H2,1-2H3. The van der Waals surface area contributed by atoms with Gasteiger partial charge in [-0.2, -0.15) is 0 Å². The van der Waals surface area contributed by atoms with Crippen molar-refractivity contribution in [3.05, 3.63) is 29.3 Å². The van der Waals surface area contributed by atoms with Crippen LogP contribution in [0.3, 0.4) is 0 Å². The average molecular weight is 316 g/mol. The molecule has 2 aliphatic rings. The van der Waals surface area contributed by atoms with Crippen LogP contribution in [0.2, 0.25) is 0 Å². The van der Waals surface area contributed by atoms with E-state index in [-0.39, 0.29) is 17.7 Å². The van der Waals surface area contributed by atoms with Crippen molar-refractivity contribution in [1.29, 1.82) is 0 Å². The summed E-state index contributed by atoms with van der Waals surface area (Å²) in [7, 11) is 0. The van der Waals surface area contributed by atoms with Crippen LogP contribution >= 0.6 is 0 Å². The number of hydrogen-bond acceptors (Lipinski definition) is 3. The number of hydrogen-bond donors (Lipinski definition) is 0. The lowest BCUT2D eigenvalue weighted by Crippen LogP contribution is -2.51. The summed E-state index contributed by atoms with van der Waals surface area (Å²) >= 11 is 0. The second-order valence-corrected chi connectivity index (χ2v) is 6.31. The summed E-state index contributed by atoms with van der Waals surface area (Å²) in [6.45, 7) is 7.04. The van der Waals surface area contributed by atoms with Crippen molar-refractivity contribution >= 4 is 11.8 Å². The van der Waals surface area contributed by atoms with Crippen molar-refractivity contribution in [2.75, 3.05) is 32.8 Å². The summed E-state index contributed by atoms with van der Waals surface area (Å²) in [6.07, 6.45) is 2.06. The molecule has 0 bridgehead atoms. The van der Waals surface area contributed by atoms with Crippen molar-refractivity contribution in [1.82, 2.24) is 9.80 Å². The number of amides is 2. The van der Waals surface area contributed by atoms with Crippen LogP contribution in [-0.4, -0.2) is 54.4 Å². The minimum absolute atomic E-state index is 0.0367. The van der Waals surface area contributed by atoms with E-state index in [2.05, 4.69) is 0 Å². The number of carbonyl (C=O) groups is 2. The average Bonchev–Trinajstić information content (AvgIpc) is 3.41. The molecular formula is C18H24N2O3. The topological polar surface area (TPSA) is 49.9 Å². The molecule has 1 aromatic rings. The molecule has 0 N–H and O–H groups in total. The summed E-state index contributed by atoms with van der Waals surface area (Å²) in [5.74, 6) is 1.39. The van der Waals surface area contributed by atoms with Crippen LogP contribution in [-0.2, 0) is 4.79 Å². The number of rotatable bonds is 4. The van der Waals surface area contributed by atoms with E-state index < -0.39 is 0 Å². The van der Waals surface area contributed by atoms with E-state index in [1.54, 1.807) is 0 Å². The normalized spacial score (nSPS) is 18.0. The third-order valence-corrected chi connectivity index (χ3v) is 4.53. The largest absolute Gasteiger partial charge is 0.494 e. The molecule has 5 nitrogen and oxygen atoms in total. The Hall–Kier alpha value is -2.04. The molecule has 1 heterocycles. The van der Waals surface area contributed by atoms with Gasteiger partial charge in [0.15, 0.2) is 0 Å². The van der Waals surface area contributed by atoms with E-state index in [4.69, 9.17) is 4.74 Å². The molecular weight excluding hydrogens is 292 g/mol. The maximum Gasteiger partial charge on any atom is 0.253 e. The molecule has 0 unspecified atom stereocenters. The van der Waals surface area contributed by atoms with Crippen molar-refractivity contribution in [3.8, 4) is 5.75 Å². The maximum absolute atomic E-state index is 12.6. The van der Waals surface area contributed by atoms with Crippen LogP contribution in [0, 0.1) is 12.8 Å². The van der Waals surface area contributed by atoms with Gasteiger partial charge in [-0.3, -0.25) is 9.59 Å². The third-order valence-electron chi connectivity index (χ3n) is 4.53. The predicted octanol–water partition coefficient (Wildman–Crippen LogP) is 2.09. The number of ether oxygens (including phenoxy) is 1. The van der Waals surface area contributed by atoms with Gasteiger partial charge in [-0.15, -0.1) is 0 Å². The fourth-order valence-electron chi connectivity index (χ4n) is 3.00. The van der Waals surface area contributed by atoms with Crippen LogP contribution < -0.4 is 4.74 Å². The summed E-state index contributed by atoms with van der Waals surface area (Å²) < 4.78 is 5.52. The van der Waals surface area contributed by atoms with Gasteiger partial charge in [-0.1, -0.05) is 0 Å². The molecule has 1 aliphatic carbocycles. The Labute approximate surface area is 137 Å². The Morgan fingerprint density at radius 2 is 1.78 bits per heavy atom. The molecule has 0 spiro atoms. The van der Waals surface area contributed by atoms with E-state index in [0.29, 0.717) is 38.3 Å². The summed E-state index contributed by atoms with van der Waals surface area (Å²) in [4.78, 5) is 28.4. The van der Waals surface area contributed by atoms with Gasteiger partial charge in [0.05, 0.1) is 6.61 Å². The number of nitrogens with zero attached hydrogens (tertiary/aromatic N) is 2. The highest BCUT2D eigenvalue weighted by molar-refractivity contribution is 5.95. The van der Waals surface area contributed by atoms with Crippen LogP contribution in [0.5, 0.6) is 5.75 Å². The van der Waals surface area contributed by atoms with Crippen LogP contribution in [0.25, 0.3) is 0 Å². The Balaban J connectivity index is 1.60. The lowest BCUT2D eigenvalue weighted by molar-refractivity contribution is -0.134. The van der Waals surface area contributed by atoms with Gasteiger partial charge in [0.2, 0.25) is 5.91 Å². The molecule has 2 amide bonds. The fourth-order valence-corrected chi connectivity index (χ4v) is 3.00. The summed E-state index contributed by atoms with van der Waals surface area (Å²) in [5.41, 5.74) is 1.66. The number of aryl methyl sites for hydroxylation is 1. The van der Waals surface area contributed by atoms with E-state index >= 15 is 0 Å². The Morgan fingerprint density at radius 1 is 1.13 bits per heavy atom. The SMILES string of the molecule is CCOc1ccc(C(=O)N2CCN(C(=O)C3CC3)CC2)cc1C. The zero-order valence-corrected chi connectivity index (χ0v) is 13.9. The summed E-state index contributed by atoms with van der Waals surface area (Å²) in [6, 6.07) is 5.57. The molecule has 1 aliphatic heterocycles. The molecule has 1 saturated carbocycles. The monoisotopic (exact) mass is 316 g/mol. The third kappa shape index (κ3) is 3.49. The molecule has 1 saturated heterocycles. The van der Waals surface area contributed by atoms with E-state index in [9.17, 15) is 9.59 Å². The fraction of sp³-hybridized carbons (Fsp3) is 0.556. The van der Waals surface area contributed by atoms with E-state index in [0.717, 1.165) is 24.2 Å². The highest BCUT2D eigenvalue weighted by Gasteiger charge is 2.35. The van der Waals surface area contributed by atoms with E-state index in [1.807, 2.05) is 41.8 Å². The highest BCUT2D eigenvalue weighted by Crippen LogP contribution is 2.31. The van der Waals surface area contributed by atoms with Crippen molar-refractivity contribution in [2.24, 2.45) is 5.92 Å². The molecule has 23 heavy (non-hydrogen) atoms. The van der Waals surface area contributed by atoms with Crippen molar-refractivity contribution in [2.45, 2.75) is 26.7 Å². The molecule has 0 aromatic heterocycles. The second kappa shape index (κ2) is 6.60. The lowest BCUT2D eigenvalue weighted by atomic mass is 10.1. The molecule has 3 rings (SSSR count). The van der Waals surface area contributed by atoms with Crippen LogP contribution in [0.1, 0.15) is 35.7 Å². The van der Waals surface area contributed by atoms with E-state index in [1.165, 1.54) is 0 Å². The van der Waals surface area contributed by atoms with Crippen LogP contribution in [0.15, 0.2) is 18.2 Å². The summed E-state index contributed by atoms with van der Waals surface area (Å²) in [5, 5.41) is 0. The van der Waals surface area contributed by atoms with Crippen molar-refractivity contribution < 1.29 is 14.3 Å². The lowest BCUT2D eigenvalue weighted by Gasteiger charge is -2.35. The zero-order chi connectivity index (χ0) is 16.4. The Bertz CT molecular complexity index is 602. The minimum atomic E-state index is 0.0367. The first-order valence-electron chi connectivity index (χ1n) is 8.41. The minimum Gasteiger partial charge on any atom is -0.494 e. The molecule has 2 fully saturated rings. The van der Waals surface area contributed by atoms with Crippen molar-refractivity contribution in [3.63, 3.8) is 0 Å². The second-order valence-electron chi connectivity index (χ2n) is 6.31. The highest BCUT2D eigenvalue weighted by atomic mass is 16.5. The van der Waals surface area contributed by atoms with Gasteiger partial charge in [0.25, 0.3) is 5.91 Å².